The molecule has 0 spiro atoms. The highest BCUT2D eigenvalue weighted by molar-refractivity contribution is 9.10. The quantitative estimate of drug-likeness (QED) is 0.612. The first-order valence-corrected chi connectivity index (χ1v) is 7.01. The summed E-state index contributed by atoms with van der Waals surface area (Å²) >= 11 is 3.28. The molecular weight excluding hydrogens is 332 g/mol. The first kappa shape index (κ1) is 16.7. The molecule has 7 heteroatoms. The van der Waals surface area contributed by atoms with Gasteiger partial charge in [0, 0.05) is 16.1 Å². The van der Waals surface area contributed by atoms with E-state index in [0.717, 1.165) is 10.9 Å². The zero-order chi connectivity index (χ0) is 15.1. The monoisotopic (exact) mass is 349 g/mol. The average Bonchev–Trinajstić information content (AvgIpc) is 2.38. The summed E-state index contributed by atoms with van der Waals surface area (Å²) in [7, 11) is 0. The van der Waals surface area contributed by atoms with Crippen LogP contribution in [0.15, 0.2) is 27.7 Å². The lowest BCUT2D eigenvalue weighted by Crippen LogP contribution is -2.38. The molecule has 0 aliphatic heterocycles. The highest BCUT2D eigenvalue weighted by Gasteiger charge is 2.10. The molecule has 0 saturated heterocycles. The second kappa shape index (κ2) is 8.04. The predicted molar refractivity (Wildman–Crippen MR) is 79.0 cm³/mol. The summed E-state index contributed by atoms with van der Waals surface area (Å²) in [6.07, 6.45) is 0.910. The van der Waals surface area contributed by atoms with Crippen molar-refractivity contribution >= 4 is 21.9 Å². The van der Waals surface area contributed by atoms with E-state index in [0.29, 0.717) is 5.56 Å². The Morgan fingerprint density at radius 2 is 2.20 bits per heavy atom. The van der Waals surface area contributed by atoms with Crippen molar-refractivity contribution in [2.45, 2.75) is 39.5 Å². The van der Waals surface area contributed by atoms with E-state index in [1.54, 1.807) is 12.1 Å². The van der Waals surface area contributed by atoms with E-state index < -0.39 is 6.61 Å². The molecule has 1 aromatic carbocycles. The molecule has 0 aromatic heterocycles. The summed E-state index contributed by atoms with van der Waals surface area (Å²) in [6.45, 7) is 1.30. The number of benzene rings is 1. The van der Waals surface area contributed by atoms with E-state index in [4.69, 9.17) is 5.73 Å². The highest BCUT2D eigenvalue weighted by atomic mass is 79.9. The minimum atomic E-state index is -2.87. The number of rotatable bonds is 6. The van der Waals surface area contributed by atoms with Crippen molar-refractivity contribution in [3.8, 4) is 5.75 Å². The number of nitrogens with zero attached hydrogens (tertiary/aromatic N) is 1. The third kappa shape index (κ3) is 5.73. The Kier molecular flexibility index (Phi) is 6.70. The number of ether oxygens (including phenoxy) is 1. The minimum Gasteiger partial charge on any atom is -0.434 e. The third-order valence-electron chi connectivity index (χ3n) is 2.66. The van der Waals surface area contributed by atoms with Gasteiger partial charge >= 0.3 is 6.61 Å². The van der Waals surface area contributed by atoms with Gasteiger partial charge in [-0.3, -0.25) is 0 Å². The molecule has 1 unspecified atom stereocenters. The second-order valence-electron chi connectivity index (χ2n) is 4.29. The van der Waals surface area contributed by atoms with Gasteiger partial charge in [0.15, 0.2) is 5.96 Å². The summed E-state index contributed by atoms with van der Waals surface area (Å²) < 4.78 is 29.8. The minimum absolute atomic E-state index is 0.100. The van der Waals surface area contributed by atoms with Crippen molar-refractivity contribution in [3.63, 3.8) is 0 Å². The molecule has 112 valence electrons. The van der Waals surface area contributed by atoms with Crippen LogP contribution in [0.1, 0.15) is 25.8 Å². The molecule has 0 saturated carbocycles. The number of halogens is 3. The molecule has 1 atom stereocenters. The molecule has 0 aliphatic carbocycles. The topological polar surface area (TPSA) is 59.6 Å². The number of guanidine groups is 1. The van der Waals surface area contributed by atoms with Gasteiger partial charge in [0.25, 0.3) is 0 Å². The van der Waals surface area contributed by atoms with E-state index in [-0.39, 0.29) is 24.3 Å². The molecule has 0 heterocycles. The van der Waals surface area contributed by atoms with Crippen molar-refractivity contribution in [3.05, 3.63) is 28.2 Å². The van der Waals surface area contributed by atoms with Crippen LogP contribution < -0.4 is 15.8 Å². The van der Waals surface area contributed by atoms with E-state index in [1.807, 2.05) is 13.8 Å². The maximum Gasteiger partial charge on any atom is 0.387 e. The Balaban J connectivity index is 2.79. The third-order valence-corrected chi connectivity index (χ3v) is 3.16. The number of hydrogen-bond donors (Lipinski definition) is 2. The molecule has 1 aromatic rings. The molecule has 3 N–H and O–H groups in total. The first-order valence-electron chi connectivity index (χ1n) is 6.22. The van der Waals surface area contributed by atoms with Crippen LogP contribution in [0.3, 0.4) is 0 Å². The summed E-state index contributed by atoms with van der Waals surface area (Å²) in [5, 5.41) is 3.00. The summed E-state index contributed by atoms with van der Waals surface area (Å²) in [5.41, 5.74) is 6.26. The Morgan fingerprint density at radius 1 is 1.50 bits per heavy atom. The van der Waals surface area contributed by atoms with E-state index in [1.165, 1.54) is 6.07 Å². The molecule has 4 nitrogen and oxygen atoms in total. The van der Waals surface area contributed by atoms with Gasteiger partial charge in [-0.25, -0.2) is 4.99 Å². The molecular formula is C13H18BrF2N3O. The van der Waals surface area contributed by atoms with Crippen LogP contribution in [-0.2, 0) is 6.54 Å². The summed E-state index contributed by atoms with van der Waals surface area (Å²) in [4.78, 5) is 4.13. The van der Waals surface area contributed by atoms with Crippen molar-refractivity contribution in [2.75, 3.05) is 0 Å². The molecule has 0 aliphatic rings. The van der Waals surface area contributed by atoms with Crippen LogP contribution in [0.25, 0.3) is 0 Å². The van der Waals surface area contributed by atoms with Gasteiger partial charge in [-0.2, -0.15) is 8.78 Å². The van der Waals surface area contributed by atoms with Gasteiger partial charge in [0.2, 0.25) is 0 Å². The lowest BCUT2D eigenvalue weighted by molar-refractivity contribution is -0.0504. The fraction of sp³-hybridized carbons (Fsp3) is 0.462. The highest BCUT2D eigenvalue weighted by Crippen LogP contribution is 2.25. The Morgan fingerprint density at radius 3 is 2.80 bits per heavy atom. The van der Waals surface area contributed by atoms with Crippen molar-refractivity contribution in [2.24, 2.45) is 10.7 Å². The van der Waals surface area contributed by atoms with Gasteiger partial charge in [-0.15, -0.1) is 0 Å². The van der Waals surface area contributed by atoms with E-state index >= 15 is 0 Å². The van der Waals surface area contributed by atoms with Crippen LogP contribution in [0.2, 0.25) is 0 Å². The first-order chi connectivity index (χ1) is 9.42. The standard InChI is InChI=1S/C13H18BrF2N3O/c1-3-8(2)19-13(17)18-7-9-6-10(14)4-5-11(9)20-12(15)16/h4-6,8,12H,3,7H2,1-2H3,(H3,17,18,19). The normalized spacial score (nSPS) is 13.4. The fourth-order valence-corrected chi connectivity index (χ4v) is 1.86. The Bertz CT molecular complexity index is 469. The lowest BCUT2D eigenvalue weighted by Gasteiger charge is -2.13. The van der Waals surface area contributed by atoms with E-state index in [9.17, 15) is 8.78 Å². The second-order valence-corrected chi connectivity index (χ2v) is 5.20. The molecule has 0 bridgehead atoms. The summed E-state index contributed by atoms with van der Waals surface area (Å²) in [5.74, 6) is 0.380. The number of hydrogen-bond acceptors (Lipinski definition) is 2. The number of alkyl halides is 2. The lowest BCUT2D eigenvalue weighted by atomic mass is 10.2. The smallest absolute Gasteiger partial charge is 0.387 e. The number of nitrogens with two attached hydrogens (primary N) is 1. The van der Waals surface area contributed by atoms with Crippen molar-refractivity contribution in [1.82, 2.24) is 5.32 Å². The largest absolute Gasteiger partial charge is 0.434 e. The molecule has 0 radical (unpaired) electrons. The molecule has 1 rings (SSSR count). The van der Waals surface area contributed by atoms with Gasteiger partial charge in [0.05, 0.1) is 6.54 Å². The maximum absolute atomic E-state index is 12.3. The average molecular weight is 350 g/mol. The van der Waals surface area contributed by atoms with Crippen molar-refractivity contribution in [1.29, 1.82) is 0 Å². The zero-order valence-electron chi connectivity index (χ0n) is 11.4. The molecule has 0 fully saturated rings. The van der Waals surface area contributed by atoms with Gasteiger partial charge < -0.3 is 15.8 Å². The van der Waals surface area contributed by atoms with Crippen LogP contribution in [0.5, 0.6) is 5.75 Å². The van der Waals surface area contributed by atoms with Gasteiger partial charge in [-0.1, -0.05) is 22.9 Å². The Hall–Kier alpha value is -1.37. The summed E-state index contributed by atoms with van der Waals surface area (Å²) in [6, 6.07) is 4.99. The fourth-order valence-electron chi connectivity index (χ4n) is 1.45. The number of nitrogens with one attached hydrogen (secondary N) is 1. The Labute approximate surface area is 125 Å². The van der Waals surface area contributed by atoms with Gasteiger partial charge in [-0.05, 0) is 31.5 Å². The van der Waals surface area contributed by atoms with Crippen LogP contribution in [0, 0.1) is 0 Å². The van der Waals surface area contributed by atoms with E-state index in [2.05, 4.69) is 31.0 Å². The van der Waals surface area contributed by atoms with Crippen molar-refractivity contribution < 1.29 is 13.5 Å². The van der Waals surface area contributed by atoms with Crippen LogP contribution in [0.4, 0.5) is 8.78 Å². The zero-order valence-corrected chi connectivity index (χ0v) is 13.0. The molecule has 0 amide bonds. The molecule has 20 heavy (non-hydrogen) atoms. The van der Waals surface area contributed by atoms with Gasteiger partial charge in [0.1, 0.15) is 5.75 Å². The van der Waals surface area contributed by atoms with Crippen LogP contribution in [-0.4, -0.2) is 18.6 Å². The number of aliphatic imine (C=N–C) groups is 1. The predicted octanol–water partition coefficient (Wildman–Crippen LogP) is 3.25. The maximum atomic E-state index is 12.3. The van der Waals surface area contributed by atoms with Crippen LogP contribution >= 0.6 is 15.9 Å². The SMILES string of the molecule is CCC(C)NC(N)=NCc1cc(Br)ccc1OC(F)F.